The number of carbonyl (C=O) groups excluding carboxylic acids is 1. The van der Waals surface area contributed by atoms with Gasteiger partial charge in [0, 0.05) is 18.3 Å². The van der Waals surface area contributed by atoms with Crippen LogP contribution >= 0.6 is 0 Å². The molecule has 0 saturated heterocycles. The molecule has 0 aliphatic heterocycles. The van der Waals surface area contributed by atoms with E-state index in [1.807, 2.05) is 6.92 Å². The first-order valence-electron chi connectivity index (χ1n) is 5.73. The Morgan fingerprint density at radius 3 is 2.44 bits per heavy atom. The number of rotatable bonds is 2. The van der Waals surface area contributed by atoms with Crippen molar-refractivity contribution in [1.29, 1.82) is 0 Å². The van der Waals surface area contributed by atoms with Gasteiger partial charge in [0.15, 0.2) is 5.78 Å². The fourth-order valence-corrected chi connectivity index (χ4v) is 2.03. The van der Waals surface area contributed by atoms with Crippen LogP contribution in [0, 0.1) is 26.6 Å². The van der Waals surface area contributed by atoms with Crippen molar-refractivity contribution in [3.8, 4) is 0 Å². The van der Waals surface area contributed by atoms with Gasteiger partial charge in [-0.05, 0) is 44.5 Å². The number of ketones is 1. The number of aryl methyl sites for hydroxylation is 3. The van der Waals surface area contributed by atoms with Crippen molar-refractivity contribution in [2.24, 2.45) is 7.05 Å². The Kier molecular flexibility index (Phi) is 3.03. The third-order valence-corrected chi connectivity index (χ3v) is 3.16. The minimum absolute atomic E-state index is 0.110. The molecule has 0 aliphatic rings. The van der Waals surface area contributed by atoms with Crippen LogP contribution in [0.5, 0.6) is 0 Å². The monoisotopic (exact) mass is 246 g/mol. The normalized spacial score (nSPS) is 10.7. The zero-order valence-electron chi connectivity index (χ0n) is 10.9. The summed E-state index contributed by atoms with van der Waals surface area (Å²) in [5.41, 5.74) is 3.08. The van der Waals surface area contributed by atoms with Gasteiger partial charge in [-0.25, -0.2) is 4.39 Å². The van der Waals surface area contributed by atoms with Gasteiger partial charge in [-0.2, -0.15) is 5.10 Å². The van der Waals surface area contributed by atoms with Crippen LogP contribution in [-0.2, 0) is 7.05 Å². The first-order chi connectivity index (χ1) is 8.41. The van der Waals surface area contributed by atoms with E-state index < -0.39 is 0 Å². The molecule has 2 aromatic rings. The Balaban J connectivity index is 2.51. The van der Waals surface area contributed by atoms with Crippen molar-refractivity contribution in [3.63, 3.8) is 0 Å². The van der Waals surface area contributed by atoms with Gasteiger partial charge in [0.25, 0.3) is 0 Å². The molecular weight excluding hydrogens is 231 g/mol. The van der Waals surface area contributed by atoms with Crippen molar-refractivity contribution in [3.05, 3.63) is 52.1 Å². The standard InChI is InChI=1S/C14H15FN2O/c1-8-7-11(5-6-12(8)15)14(18)13-9(2)16-17(4)10(13)3/h5-7H,1-4H3. The van der Waals surface area contributed by atoms with Crippen LogP contribution in [0.25, 0.3) is 0 Å². The number of carbonyl (C=O) groups is 1. The van der Waals surface area contributed by atoms with Gasteiger partial charge in [0.2, 0.25) is 0 Å². The molecule has 0 fully saturated rings. The fourth-order valence-electron chi connectivity index (χ4n) is 2.03. The summed E-state index contributed by atoms with van der Waals surface area (Å²) in [6, 6.07) is 4.41. The molecule has 1 heterocycles. The average Bonchev–Trinajstić information content (AvgIpc) is 2.56. The lowest BCUT2D eigenvalue weighted by atomic mass is 10.00. The van der Waals surface area contributed by atoms with Crippen LogP contribution in [0.15, 0.2) is 18.2 Å². The lowest BCUT2D eigenvalue weighted by Gasteiger charge is -2.04. The lowest BCUT2D eigenvalue weighted by molar-refractivity contribution is 0.103. The van der Waals surface area contributed by atoms with E-state index in [1.54, 1.807) is 31.6 Å². The van der Waals surface area contributed by atoms with Crippen molar-refractivity contribution < 1.29 is 9.18 Å². The van der Waals surface area contributed by atoms with E-state index in [2.05, 4.69) is 5.10 Å². The number of hydrogen-bond acceptors (Lipinski definition) is 2. The van der Waals surface area contributed by atoms with E-state index in [9.17, 15) is 9.18 Å². The Bertz CT molecular complexity index is 629. The van der Waals surface area contributed by atoms with E-state index in [4.69, 9.17) is 0 Å². The minimum Gasteiger partial charge on any atom is -0.288 e. The lowest BCUT2D eigenvalue weighted by Crippen LogP contribution is -2.05. The SMILES string of the molecule is Cc1cc(C(=O)c2c(C)nn(C)c2C)ccc1F. The second-order valence-corrected chi connectivity index (χ2v) is 4.46. The highest BCUT2D eigenvalue weighted by Gasteiger charge is 2.19. The zero-order valence-corrected chi connectivity index (χ0v) is 10.9. The number of hydrogen-bond donors (Lipinski definition) is 0. The first kappa shape index (κ1) is 12.5. The van der Waals surface area contributed by atoms with Crippen LogP contribution in [0.4, 0.5) is 4.39 Å². The van der Waals surface area contributed by atoms with Gasteiger partial charge in [-0.1, -0.05) is 0 Å². The molecule has 0 saturated carbocycles. The number of nitrogens with zero attached hydrogens (tertiary/aromatic N) is 2. The summed E-state index contributed by atoms with van der Waals surface area (Å²) in [4.78, 5) is 12.4. The molecule has 0 amide bonds. The van der Waals surface area contributed by atoms with E-state index in [1.165, 1.54) is 12.1 Å². The van der Waals surface area contributed by atoms with Crippen LogP contribution in [0.2, 0.25) is 0 Å². The Morgan fingerprint density at radius 1 is 1.28 bits per heavy atom. The van der Waals surface area contributed by atoms with Gasteiger partial charge in [-0.3, -0.25) is 9.48 Å². The molecule has 0 radical (unpaired) electrons. The first-order valence-corrected chi connectivity index (χ1v) is 5.73. The quantitative estimate of drug-likeness (QED) is 0.764. The second-order valence-electron chi connectivity index (χ2n) is 4.46. The Labute approximate surface area is 105 Å². The van der Waals surface area contributed by atoms with Crippen LogP contribution in [0.1, 0.15) is 32.9 Å². The molecule has 1 aromatic heterocycles. The van der Waals surface area contributed by atoms with Crippen LogP contribution in [0.3, 0.4) is 0 Å². The van der Waals surface area contributed by atoms with Crippen LogP contribution in [-0.4, -0.2) is 15.6 Å². The van der Waals surface area contributed by atoms with Gasteiger partial charge < -0.3 is 0 Å². The largest absolute Gasteiger partial charge is 0.288 e. The van der Waals surface area contributed by atoms with Crippen molar-refractivity contribution in [2.75, 3.05) is 0 Å². The smallest absolute Gasteiger partial charge is 0.196 e. The molecule has 0 unspecified atom stereocenters. The predicted molar refractivity (Wildman–Crippen MR) is 67.3 cm³/mol. The molecule has 94 valence electrons. The maximum Gasteiger partial charge on any atom is 0.196 e. The fraction of sp³-hybridized carbons (Fsp3) is 0.286. The maximum atomic E-state index is 13.2. The zero-order chi connectivity index (χ0) is 13.4. The van der Waals surface area contributed by atoms with Crippen LogP contribution < -0.4 is 0 Å². The van der Waals surface area contributed by atoms with Gasteiger partial charge in [0.1, 0.15) is 5.82 Å². The maximum absolute atomic E-state index is 13.2. The summed E-state index contributed by atoms with van der Waals surface area (Å²) in [5.74, 6) is -0.410. The molecule has 1 aromatic carbocycles. The molecule has 3 nitrogen and oxygen atoms in total. The molecule has 0 bridgehead atoms. The van der Waals surface area contributed by atoms with E-state index in [0.717, 1.165) is 5.69 Å². The topological polar surface area (TPSA) is 34.9 Å². The minimum atomic E-state index is -0.300. The summed E-state index contributed by atoms with van der Waals surface area (Å²) in [5, 5.41) is 4.22. The number of benzene rings is 1. The van der Waals surface area contributed by atoms with Gasteiger partial charge in [0.05, 0.1) is 11.3 Å². The highest BCUT2D eigenvalue weighted by Crippen LogP contribution is 2.19. The molecule has 0 aliphatic carbocycles. The third kappa shape index (κ3) is 1.94. The van der Waals surface area contributed by atoms with Gasteiger partial charge in [-0.15, -0.1) is 0 Å². The van der Waals surface area contributed by atoms with E-state index in [0.29, 0.717) is 22.4 Å². The van der Waals surface area contributed by atoms with E-state index >= 15 is 0 Å². The molecule has 0 N–H and O–H groups in total. The molecule has 0 atom stereocenters. The summed E-state index contributed by atoms with van der Waals surface area (Å²) in [6.07, 6.45) is 0. The second kappa shape index (κ2) is 4.37. The molecule has 4 heteroatoms. The summed E-state index contributed by atoms with van der Waals surface area (Å²) >= 11 is 0. The van der Waals surface area contributed by atoms with Crippen molar-refractivity contribution >= 4 is 5.78 Å². The highest BCUT2D eigenvalue weighted by molar-refractivity contribution is 6.10. The number of aromatic nitrogens is 2. The van der Waals surface area contributed by atoms with E-state index in [-0.39, 0.29) is 11.6 Å². The molecule has 18 heavy (non-hydrogen) atoms. The summed E-state index contributed by atoms with van der Waals surface area (Å²) in [6.45, 7) is 5.30. The van der Waals surface area contributed by atoms with Crippen molar-refractivity contribution in [1.82, 2.24) is 9.78 Å². The molecule has 2 rings (SSSR count). The van der Waals surface area contributed by atoms with Crippen molar-refractivity contribution in [2.45, 2.75) is 20.8 Å². The highest BCUT2D eigenvalue weighted by atomic mass is 19.1. The Hall–Kier alpha value is -1.97. The molecular formula is C14H15FN2O. The summed E-state index contributed by atoms with van der Waals surface area (Å²) < 4.78 is 14.9. The third-order valence-electron chi connectivity index (χ3n) is 3.16. The molecule has 0 spiro atoms. The average molecular weight is 246 g/mol. The Morgan fingerprint density at radius 2 is 1.94 bits per heavy atom. The van der Waals surface area contributed by atoms with Gasteiger partial charge >= 0.3 is 0 Å². The number of halogens is 1. The summed E-state index contributed by atoms with van der Waals surface area (Å²) in [7, 11) is 1.80. The predicted octanol–water partition coefficient (Wildman–Crippen LogP) is 2.72.